The van der Waals surface area contributed by atoms with E-state index in [2.05, 4.69) is 0 Å². The van der Waals surface area contributed by atoms with Crippen LogP contribution < -0.4 is 0 Å². The lowest BCUT2D eigenvalue weighted by Gasteiger charge is -2.21. The standard InChI is InChI=1S/C14H17ClFNO3S/c1-21(19,20)8-5-13(18)17-7-6-14(16,10-17)11-3-2-4-12(15)9-11/h2-4,9H,5-8,10H2,1H3/t14-/m0/s1. The van der Waals surface area contributed by atoms with E-state index in [1.54, 1.807) is 24.3 Å². The fourth-order valence-corrected chi connectivity index (χ4v) is 3.16. The summed E-state index contributed by atoms with van der Waals surface area (Å²) < 4.78 is 37.1. The Kier molecular flexibility index (Phi) is 4.58. The maximum atomic E-state index is 14.9. The minimum atomic E-state index is -3.19. The molecule has 0 unspecified atom stereocenters. The second-order valence-electron chi connectivity index (χ2n) is 5.42. The fraction of sp³-hybridized carbons (Fsp3) is 0.500. The molecule has 1 saturated heterocycles. The summed E-state index contributed by atoms with van der Waals surface area (Å²) in [7, 11) is -3.19. The van der Waals surface area contributed by atoms with Crippen LogP contribution in [0.4, 0.5) is 4.39 Å². The van der Waals surface area contributed by atoms with Crippen molar-refractivity contribution in [3.05, 3.63) is 34.9 Å². The van der Waals surface area contributed by atoms with Gasteiger partial charge in [0.15, 0.2) is 5.67 Å². The number of nitrogens with zero attached hydrogens (tertiary/aromatic N) is 1. The highest BCUT2D eigenvalue weighted by Gasteiger charge is 2.41. The third-order valence-corrected chi connectivity index (χ3v) is 4.78. The number of rotatable bonds is 4. The van der Waals surface area contributed by atoms with Crippen molar-refractivity contribution in [2.75, 3.05) is 25.1 Å². The van der Waals surface area contributed by atoms with Gasteiger partial charge in [-0.15, -0.1) is 0 Å². The molecule has 7 heteroatoms. The number of halogens is 2. The lowest BCUT2D eigenvalue weighted by atomic mass is 9.95. The zero-order valence-corrected chi connectivity index (χ0v) is 13.3. The molecule has 0 bridgehead atoms. The Labute approximate surface area is 128 Å². The molecule has 2 rings (SSSR count). The van der Waals surface area contributed by atoms with E-state index in [1.165, 1.54) is 4.90 Å². The highest BCUT2D eigenvalue weighted by Crippen LogP contribution is 2.37. The summed E-state index contributed by atoms with van der Waals surface area (Å²) in [6.07, 6.45) is 1.16. The molecule has 116 valence electrons. The monoisotopic (exact) mass is 333 g/mol. The van der Waals surface area contributed by atoms with Gasteiger partial charge >= 0.3 is 0 Å². The van der Waals surface area contributed by atoms with Crippen LogP contribution in [-0.2, 0) is 20.3 Å². The molecule has 1 amide bonds. The number of likely N-dealkylation sites (tertiary alicyclic amines) is 1. The maximum absolute atomic E-state index is 14.9. The lowest BCUT2D eigenvalue weighted by molar-refractivity contribution is -0.130. The Morgan fingerprint density at radius 2 is 2.19 bits per heavy atom. The molecule has 1 fully saturated rings. The number of alkyl halides is 1. The molecule has 1 atom stereocenters. The van der Waals surface area contributed by atoms with Crippen LogP contribution in [0, 0.1) is 0 Å². The highest BCUT2D eigenvalue weighted by atomic mass is 35.5. The number of benzene rings is 1. The van der Waals surface area contributed by atoms with E-state index in [1.807, 2.05) is 0 Å². The Balaban J connectivity index is 2.04. The van der Waals surface area contributed by atoms with Crippen LogP contribution in [0.5, 0.6) is 0 Å². The molecule has 0 saturated carbocycles. The van der Waals surface area contributed by atoms with Crippen LogP contribution in [0.1, 0.15) is 18.4 Å². The van der Waals surface area contributed by atoms with Gasteiger partial charge in [-0.25, -0.2) is 12.8 Å². The molecule has 1 aromatic rings. The molecular weight excluding hydrogens is 317 g/mol. The van der Waals surface area contributed by atoms with Gasteiger partial charge in [0, 0.05) is 30.7 Å². The first-order valence-corrected chi connectivity index (χ1v) is 9.04. The van der Waals surface area contributed by atoms with Crippen LogP contribution in [0.25, 0.3) is 0 Å². The lowest BCUT2D eigenvalue weighted by Crippen LogP contribution is -2.33. The summed E-state index contributed by atoms with van der Waals surface area (Å²) in [4.78, 5) is 13.3. The molecule has 0 N–H and O–H groups in total. The maximum Gasteiger partial charge on any atom is 0.223 e. The summed E-state index contributed by atoms with van der Waals surface area (Å²) in [5.41, 5.74) is -1.17. The average molecular weight is 334 g/mol. The second kappa shape index (κ2) is 5.93. The molecule has 1 heterocycles. The van der Waals surface area contributed by atoms with E-state index in [9.17, 15) is 17.6 Å². The summed E-state index contributed by atoms with van der Waals surface area (Å²) in [6, 6.07) is 6.55. The van der Waals surface area contributed by atoms with Gasteiger partial charge in [-0.3, -0.25) is 4.79 Å². The van der Waals surface area contributed by atoms with Gasteiger partial charge in [0.05, 0.1) is 12.3 Å². The number of hydrogen-bond donors (Lipinski definition) is 0. The van der Waals surface area contributed by atoms with Crippen molar-refractivity contribution in [2.24, 2.45) is 0 Å². The molecule has 1 aliphatic heterocycles. The van der Waals surface area contributed by atoms with Gasteiger partial charge in [-0.05, 0) is 17.7 Å². The van der Waals surface area contributed by atoms with Gasteiger partial charge in [-0.2, -0.15) is 0 Å². The third kappa shape index (κ3) is 4.17. The van der Waals surface area contributed by atoms with Gasteiger partial charge in [0.1, 0.15) is 9.84 Å². The summed E-state index contributed by atoms with van der Waals surface area (Å²) in [6.45, 7) is 0.224. The molecule has 21 heavy (non-hydrogen) atoms. The zero-order chi connectivity index (χ0) is 15.7. The predicted molar refractivity (Wildman–Crippen MR) is 79.8 cm³/mol. The number of carbonyl (C=O) groups excluding carboxylic acids is 1. The molecule has 0 radical (unpaired) electrons. The Hall–Kier alpha value is -1.14. The third-order valence-electron chi connectivity index (χ3n) is 3.60. The van der Waals surface area contributed by atoms with Crippen molar-refractivity contribution in [2.45, 2.75) is 18.5 Å². The smallest absolute Gasteiger partial charge is 0.223 e. The quantitative estimate of drug-likeness (QED) is 0.848. The van der Waals surface area contributed by atoms with Gasteiger partial charge in [-0.1, -0.05) is 23.7 Å². The van der Waals surface area contributed by atoms with Gasteiger partial charge in [0.2, 0.25) is 5.91 Å². The molecule has 0 aliphatic carbocycles. The molecule has 4 nitrogen and oxygen atoms in total. The molecule has 1 aromatic carbocycles. The van der Waals surface area contributed by atoms with Crippen LogP contribution in [0.3, 0.4) is 0 Å². The topological polar surface area (TPSA) is 54.5 Å². The van der Waals surface area contributed by atoms with E-state index >= 15 is 0 Å². The first-order chi connectivity index (χ1) is 9.70. The van der Waals surface area contributed by atoms with E-state index in [0.29, 0.717) is 10.6 Å². The van der Waals surface area contributed by atoms with Crippen molar-refractivity contribution < 1.29 is 17.6 Å². The summed E-state index contributed by atoms with van der Waals surface area (Å²) in [5, 5.41) is 0.450. The zero-order valence-electron chi connectivity index (χ0n) is 11.7. The molecule has 0 spiro atoms. The van der Waals surface area contributed by atoms with Crippen LogP contribution in [0.2, 0.25) is 5.02 Å². The van der Waals surface area contributed by atoms with Gasteiger partial charge in [0.25, 0.3) is 0 Å². The van der Waals surface area contributed by atoms with Crippen LogP contribution in [-0.4, -0.2) is 44.3 Å². The van der Waals surface area contributed by atoms with Crippen molar-refractivity contribution in [1.82, 2.24) is 4.90 Å². The van der Waals surface area contributed by atoms with Crippen molar-refractivity contribution in [3.63, 3.8) is 0 Å². The van der Waals surface area contributed by atoms with E-state index in [-0.39, 0.29) is 37.6 Å². The van der Waals surface area contributed by atoms with Crippen LogP contribution >= 0.6 is 11.6 Å². The minimum absolute atomic E-state index is 0.0596. The van der Waals surface area contributed by atoms with Crippen molar-refractivity contribution >= 4 is 27.3 Å². The normalized spacial score (nSPS) is 22.5. The second-order valence-corrected chi connectivity index (χ2v) is 8.12. The first kappa shape index (κ1) is 16.2. The predicted octanol–water partition coefficient (Wildman–Crippen LogP) is 2.17. The molecule has 0 aromatic heterocycles. The number of carbonyl (C=O) groups is 1. The highest BCUT2D eigenvalue weighted by molar-refractivity contribution is 7.90. The molecule has 1 aliphatic rings. The summed E-state index contributed by atoms with van der Waals surface area (Å²) in [5.74, 6) is -0.541. The Morgan fingerprint density at radius 3 is 2.81 bits per heavy atom. The minimum Gasteiger partial charge on any atom is -0.339 e. The Morgan fingerprint density at radius 1 is 1.48 bits per heavy atom. The summed E-state index contributed by atoms with van der Waals surface area (Å²) >= 11 is 5.87. The van der Waals surface area contributed by atoms with E-state index < -0.39 is 15.5 Å². The van der Waals surface area contributed by atoms with Crippen LogP contribution in [0.15, 0.2) is 24.3 Å². The van der Waals surface area contributed by atoms with Crippen molar-refractivity contribution in [3.8, 4) is 0 Å². The van der Waals surface area contributed by atoms with Crippen molar-refractivity contribution in [1.29, 1.82) is 0 Å². The SMILES string of the molecule is CS(=O)(=O)CCC(=O)N1CC[C@@](F)(c2cccc(Cl)c2)C1. The van der Waals surface area contributed by atoms with E-state index in [4.69, 9.17) is 11.6 Å². The van der Waals surface area contributed by atoms with E-state index in [0.717, 1.165) is 6.26 Å². The van der Waals surface area contributed by atoms with Gasteiger partial charge < -0.3 is 4.90 Å². The average Bonchev–Trinajstić information content (AvgIpc) is 2.79. The number of hydrogen-bond acceptors (Lipinski definition) is 3. The molecular formula is C14H17ClFNO3S. The number of amides is 1. The Bertz CT molecular complexity index is 649. The first-order valence-electron chi connectivity index (χ1n) is 6.60. The largest absolute Gasteiger partial charge is 0.339 e. The fourth-order valence-electron chi connectivity index (χ4n) is 2.42. The number of sulfone groups is 1.